The molecule has 0 atom stereocenters. The summed E-state index contributed by atoms with van der Waals surface area (Å²) in [6.45, 7) is 5.26. The molecule has 0 aromatic carbocycles. The summed E-state index contributed by atoms with van der Waals surface area (Å²) < 4.78 is 8.52. The van der Waals surface area contributed by atoms with Crippen LogP contribution < -0.4 is 0 Å². The molecule has 0 N–H and O–H groups in total. The number of rotatable bonds is 3. The van der Waals surface area contributed by atoms with E-state index in [0.717, 1.165) is 0 Å². The van der Waals surface area contributed by atoms with E-state index in [-0.39, 0.29) is 12.4 Å². The standard InChI is InChI=1S/C5H8O3.C4H8O2/c1-3-4(6)5(7)8-2;1-3-6-4(2)5/h3H2,1-2H3;3H2,1-2H3. The van der Waals surface area contributed by atoms with Crippen LogP contribution in [-0.4, -0.2) is 31.4 Å². The summed E-state index contributed by atoms with van der Waals surface area (Å²) in [7, 11) is 1.19. The molecule has 82 valence electrons. The predicted molar refractivity (Wildman–Crippen MR) is 49.6 cm³/mol. The SMILES string of the molecule is CCC(=O)C(=O)OC.CCOC(C)=O. The lowest BCUT2D eigenvalue weighted by atomic mass is 10.3. The summed E-state index contributed by atoms with van der Waals surface area (Å²) in [5.74, 6) is -1.45. The molecule has 0 bridgehead atoms. The minimum Gasteiger partial charge on any atom is -0.466 e. The molecule has 0 saturated carbocycles. The number of ketones is 1. The Balaban J connectivity index is 0. The van der Waals surface area contributed by atoms with Gasteiger partial charge in [-0.1, -0.05) is 6.92 Å². The molecule has 0 amide bonds. The molecule has 5 heteroatoms. The Labute approximate surface area is 83.4 Å². The second-order valence-corrected chi connectivity index (χ2v) is 2.19. The van der Waals surface area contributed by atoms with Crippen LogP contribution in [0.5, 0.6) is 0 Å². The van der Waals surface area contributed by atoms with Gasteiger partial charge in [0.05, 0.1) is 13.7 Å². The monoisotopic (exact) mass is 204 g/mol. The molecule has 14 heavy (non-hydrogen) atoms. The Morgan fingerprint density at radius 1 is 1.14 bits per heavy atom. The second kappa shape index (κ2) is 9.70. The van der Waals surface area contributed by atoms with Crippen molar-refractivity contribution in [3.05, 3.63) is 0 Å². The van der Waals surface area contributed by atoms with Gasteiger partial charge in [-0.15, -0.1) is 0 Å². The van der Waals surface area contributed by atoms with Crippen LogP contribution in [0, 0.1) is 0 Å². The molecule has 0 aliphatic heterocycles. The van der Waals surface area contributed by atoms with Crippen LogP contribution >= 0.6 is 0 Å². The van der Waals surface area contributed by atoms with Gasteiger partial charge in [0.2, 0.25) is 5.78 Å². The first-order chi connectivity index (χ1) is 6.49. The van der Waals surface area contributed by atoms with E-state index in [4.69, 9.17) is 0 Å². The fraction of sp³-hybridized carbons (Fsp3) is 0.667. The summed E-state index contributed by atoms with van der Waals surface area (Å²) in [4.78, 5) is 30.3. The Bertz CT molecular complexity index is 183. The van der Waals surface area contributed by atoms with Gasteiger partial charge in [0.25, 0.3) is 0 Å². The highest BCUT2D eigenvalue weighted by atomic mass is 16.5. The van der Waals surface area contributed by atoms with Crippen molar-refractivity contribution in [2.45, 2.75) is 27.2 Å². The highest BCUT2D eigenvalue weighted by Gasteiger charge is 2.08. The predicted octanol–water partition coefficient (Wildman–Crippen LogP) is 0.708. The minimum atomic E-state index is -0.757. The Morgan fingerprint density at radius 2 is 1.64 bits per heavy atom. The fourth-order valence-corrected chi connectivity index (χ4v) is 0.461. The van der Waals surface area contributed by atoms with E-state index < -0.39 is 11.8 Å². The molecular formula is C9H16O5. The average Bonchev–Trinajstić information content (AvgIpc) is 2.16. The number of ether oxygens (including phenoxy) is 2. The summed E-state index contributed by atoms with van der Waals surface area (Å²) in [5, 5.41) is 0. The smallest absolute Gasteiger partial charge is 0.374 e. The molecule has 0 radical (unpaired) electrons. The van der Waals surface area contributed by atoms with Gasteiger partial charge >= 0.3 is 11.9 Å². The van der Waals surface area contributed by atoms with Crippen molar-refractivity contribution in [2.24, 2.45) is 0 Å². The van der Waals surface area contributed by atoms with Crippen molar-refractivity contribution in [3.63, 3.8) is 0 Å². The molecule has 5 nitrogen and oxygen atoms in total. The Kier molecular flexibility index (Phi) is 10.5. The van der Waals surface area contributed by atoms with Crippen molar-refractivity contribution in [3.8, 4) is 0 Å². The van der Waals surface area contributed by atoms with E-state index in [1.165, 1.54) is 14.0 Å². The van der Waals surface area contributed by atoms with Crippen molar-refractivity contribution in [2.75, 3.05) is 13.7 Å². The fourth-order valence-electron chi connectivity index (χ4n) is 0.461. The zero-order valence-corrected chi connectivity index (χ0v) is 8.96. The first-order valence-corrected chi connectivity index (χ1v) is 4.24. The first kappa shape index (κ1) is 15.1. The van der Waals surface area contributed by atoms with Crippen LogP contribution in [0.25, 0.3) is 0 Å². The topological polar surface area (TPSA) is 69.7 Å². The van der Waals surface area contributed by atoms with Crippen LogP contribution in [0.3, 0.4) is 0 Å². The van der Waals surface area contributed by atoms with Crippen molar-refractivity contribution in [1.29, 1.82) is 0 Å². The van der Waals surface area contributed by atoms with E-state index >= 15 is 0 Å². The molecular weight excluding hydrogens is 188 g/mol. The molecule has 0 rings (SSSR count). The number of Topliss-reactive ketones (excluding diaryl/α,β-unsaturated/α-hetero) is 1. The molecule has 0 spiro atoms. The highest BCUT2D eigenvalue weighted by molar-refractivity contribution is 6.33. The Hall–Kier alpha value is -1.39. The van der Waals surface area contributed by atoms with E-state index in [1.54, 1.807) is 13.8 Å². The maximum Gasteiger partial charge on any atom is 0.374 e. The minimum absolute atomic E-state index is 0.211. The van der Waals surface area contributed by atoms with Gasteiger partial charge in [-0.05, 0) is 6.92 Å². The lowest BCUT2D eigenvalue weighted by Crippen LogP contribution is -2.13. The third kappa shape index (κ3) is 10.6. The van der Waals surface area contributed by atoms with E-state index in [2.05, 4.69) is 9.47 Å². The molecule has 0 aliphatic carbocycles. The third-order valence-electron chi connectivity index (χ3n) is 1.08. The number of hydrogen-bond acceptors (Lipinski definition) is 5. The van der Waals surface area contributed by atoms with Gasteiger partial charge in [-0.25, -0.2) is 4.79 Å². The molecule has 0 aromatic rings. The largest absolute Gasteiger partial charge is 0.466 e. The maximum absolute atomic E-state index is 10.3. The van der Waals surface area contributed by atoms with E-state index in [9.17, 15) is 14.4 Å². The number of carbonyl (C=O) groups is 3. The number of methoxy groups -OCH3 is 1. The van der Waals surface area contributed by atoms with Crippen LogP contribution in [0.4, 0.5) is 0 Å². The van der Waals surface area contributed by atoms with Gasteiger partial charge in [0.15, 0.2) is 0 Å². The van der Waals surface area contributed by atoms with Crippen molar-refractivity contribution in [1.82, 2.24) is 0 Å². The van der Waals surface area contributed by atoms with Crippen LogP contribution in [-0.2, 0) is 23.9 Å². The summed E-state index contributed by atoms with van der Waals surface area (Å²) in [6.07, 6.45) is 0.215. The van der Waals surface area contributed by atoms with E-state index in [1.807, 2.05) is 0 Å². The quantitative estimate of drug-likeness (QED) is 0.500. The normalized spacial score (nSPS) is 8.00. The van der Waals surface area contributed by atoms with Crippen LogP contribution in [0.1, 0.15) is 27.2 Å². The third-order valence-corrected chi connectivity index (χ3v) is 1.08. The first-order valence-electron chi connectivity index (χ1n) is 4.24. The average molecular weight is 204 g/mol. The number of carbonyl (C=O) groups excluding carboxylic acids is 3. The van der Waals surface area contributed by atoms with Gasteiger partial charge in [0, 0.05) is 13.3 Å². The van der Waals surface area contributed by atoms with Gasteiger partial charge in [0.1, 0.15) is 0 Å². The maximum atomic E-state index is 10.3. The Morgan fingerprint density at radius 3 is 1.71 bits per heavy atom. The zero-order valence-electron chi connectivity index (χ0n) is 8.96. The zero-order chi connectivity index (χ0) is 11.6. The van der Waals surface area contributed by atoms with Gasteiger partial charge < -0.3 is 9.47 Å². The van der Waals surface area contributed by atoms with Gasteiger partial charge in [-0.2, -0.15) is 0 Å². The number of hydrogen-bond donors (Lipinski definition) is 0. The summed E-state index contributed by atoms with van der Waals surface area (Å²) >= 11 is 0. The number of esters is 2. The lowest BCUT2D eigenvalue weighted by Gasteiger charge is -1.90. The summed E-state index contributed by atoms with van der Waals surface area (Å²) in [5.41, 5.74) is 0. The molecule has 0 saturated heterocycles. The molecule has 0 fully saturated rings. The van der Waals surface area contributed by atoms with Crippen LogP contribution in [0.2, 0.25) is 0 Å². The highest BCUT2D eigenvalue weighted by Crippen LogP contribution is 1.82. The second-order valence-electron chi connectivity index (χ2n) is 2.19. The molecule has 0 heterocycles. The molecule has 0 aliphatic rings. The van der Waals surface area contributed by atoms with Gasteiger partial charge in [-0.3, -0.25) is 9.59 Å². The van der Waals surface area contributed by atoms with Crippen molar-refractivity contribution < 1.29 is 23.9 Å². The molecule has 0 aromatic heterocycles. The van der Waals surface area contributed by atoms with Crippen LogP contribution in [0.15, 0.2) is 0 Å². The molecule has 0 unspecified atom stereocenters. The van der Waals surface area contributed by atoms with Crippen molar-refractivity contribution >= 4 is 17.7 Å². The van der Waals surface area contributed by atoms with E-state index in [0.29, 0.717) is 6.61 Å². The lowest BCUT2D eigenvalue weighted by molar-refractivity contribution is -0.151. The summed E-state index contributed by atoms with van der Waals surface area (Å²) in [6, 6.07) is 0.